The van der Waals surface area contributed by atoms with Crippen LogP contribution in [-0.2, 0) is 4.74 Å². The quantitative estimate of drug-likeness (QED) is 0.830. The van der Waals surface area contributed by atoms with Crippen LogP contribution in [0.4, 0.5) is 16.2 Å². The summed E-state index contributed by atoms with van der Waals surface area (Å²) in [7, 11) is 0. The molecule has 2 rings (SSSR count). The van der Waals surface area contributed by atoms with Crippen molar-refractivity contribution in [2.24, 2.45) is 0 Å². The monoisotopic (exact) mass is 331 g/mol. The summed E-state index contributed by atoms with van der Waals surface area (Å²) in [6.07, 6.45) is 1.42. The number of carbonyl (C=O) groups is 1. The molecule has 0 unspecified atom stereocenters. The molecule has 0 bridgehead atoms. The molecule has 1 aliphatic rings. The van der Waals surface area contributed by atoms with E-state index in [-0.39, 0.29) is 12.1 Å². The molecule has 1 aromatic rings. The van der Waals surface area contributed by atoms with Crippen molar-refractivity contribution >= 4 is 40.7 Å². The minimum absolute atomic E-state index is 0.245. The number of carbonyl (C=O) groups excluding carboxylic acids is 1. The average molecular weight is 332 g/mol. The molecule has 0 aliphatic carbocycles. The lowest BCUT2D eigenvalue weighted by molar-refractivity contribution is 0.0983. The highest BCUT2D eigenvalue weighted by molar-refractivity contribution is 6.42. The minimum atomic E-state index is -0.245. The molecule has 1 amide bonds. The Hall–Kier alpha value is -1.33. The van der Waals surface area contributed by atoms with Gasteiger partial charge in [-0.3, -0.25) is 0 Å². The molecule has 1 saturated heterocycles. The molecule has 1 aromatic carbocycles. The fourth-order valence-corrected chi connectivity index (χ4v) is 2.66. The predicted octanol–water partition coefficient (Wildman–Crippen LogP) is 3.61. The van der Waals surface area contributed by atoms with Crippen molar-refractivity contribution in [3.8, 4) is 0 Å². The maximum absolute atomic E-state index is 11.6. The number of piperidine rings is 1. The first kappa shape index (κ1) is 16.0. The molecule has 5 nitrogen and oxygen atoms in total. The molecule has 0 radical (unpaired) electrons. The number of halogens is 2. The predicted molar refractivity (Wildman–Crippen MR) is 86.1 cm³/mol. The van der Waals surface area contributed by atoms with Crippen LogP contribution in [0.15, 0.2) is 12.1 Å². The summed E-state index contributed by atoms with van der Waals surface area (Å²) < 4.78 is 5.00. The zero-order valence-corrected chi connectivity index (χ0v) is 13.4. The standard InChI is InChI=1S/C14H19Cl2N3O2/c1-2-21-14(20)19-5-3-9(4-6-19)18-13-8-11(16)10(15)7-12(13)17/h7-9,18H,2-6,17H2,1H3. The first-order valence-corrected chi connectivity index (χ1v) is 7.69. The van der Waals surface area contributed by atoms with Gasteiger partial charge in [-0.05, 0) is 31.9 Å². The molecular weight excluding hydrogens is 313 g/mol. The molecule has 3 N–H and O–H groups in total. The van der Waals surface area contributed by atoms with Gasteiger partial charge in [-0.1, -0.05) is 23.2 Å². The summed E-state index contributed by atoms with van der Waals surface area (Å²) >= 11 is 11.9. The van der Waals surface area contributed by atoms with Crippen molar-refractivity contribution < 1.29 is 9.53 Å². The van der Waals surface area contributed by atoms with Gasteiger partial charge in [-0.25, -0.2) is 4.79 Å². The molecule has 1 heterocycles. The first-order chi connectivity index (χ1) is 10.0. The summed E-state index contributed by atoms with van der Waals surface area (Å²) in [5.41, 5.74) is 7.28. The fraction of sp³-hybridized carbons (Fsp3) is 0.500. The van der Waals surface area contributed by atoms with Crippen LogP contribution < -0.4 is 11.1 Å². The number of anilines is 2. The van der Waals surface area contributed by atoms with Crippen LogP contribution in [0.3, 0.4) is 0 Å². The van der Waals surface area contributed by atoms with Crippen molar-refractivity contribution in [1.82, 2.24) is 4.90 Å². The Kier molecular flexibility index (Phi) is 5.42. The van der Waals surface area contributed by atoms with E-state index in [2.05, 4.69) is 5.32 Å². The number of ether oxygens (including phenoxy) is 1. The molecule has 21 heavy (non-hydrogen) atoms. The lowest BCUT2D eigenvalue weighted by atomic mass is 10.0. The number of benzene rings is 1. The third-order valence-electron chi connectivity index (χ3n) is 3.47. The van der Waals surface area contributed by atoms with Crippen molar-refractivity contribution in [1.29, 1.82) is 0 Å². The lowest BCUT2D eigenvalue weighted by Crippen LogP contribution is -2.42. The first-order valence-electron chi connectivity index (χ1n) is 6.94. The average Bonchev–Trinajstić information content (AvgIpc) is 2.46. The van der Waals surface area contributed by atoms with Gasteiger partial charge in [0.25, 0.3) is 0 Å². The van der Waals surface area contributed by atoms with Gasteiger partial charge in [0.1, 0.15) is 0 Å². The summed E-state index contributed by atoms with van der Waals surface area (Å²) in [6, 6.07) is 3.62. The zero-order chi connectivity index (χ0) is 15.4. The summed E-state index contributed by atoms with van der Waals surface area (Å²) in [6.45, 7) is 3.53. The van der Waals surface area contributed by atoms with Gasteiger partial charge in [0.2, 0.25) is 0 Å². The van der Waals surface area contributed by atoms with Gasteiger partial charge in [-0.2, -0.15) is 0 Å². The highest BCUT2D eigenvalue weighted by Gasteiger charge is 2.23. The number of rotatable bonds is 3. The third-order valence-corrected chi connectivity index (χ3v) is 4.20. The summed E-state index contributed by atoms with van der Waals surface area (Å²) in [5.74, 6) is 0. The van der Waals surface area contributed by atoms with Crippen LogP contribution in [-0.4, -0.2) is 36.7 Å². The van der Waals surface area contributed by atoms with Crippen LogP contribution >= 0.6 is 23.2 Å². The maximum Gasteiger partial charge on any atom is 0.409 e. The fourth-order valence-electron chi connectivity index (χ4n) is 2.33. The molecular formula is C14H19Cl2N3O2. The van der Waals surface area contributed by atoms with Gasteiger partial charge in [-0.15, -0.1) is 0 Å². The lowest BCUT2D eigenvalue weighted by Gasteiger charge is -2.32. The van der Waals surface area contributed by atoms with Crippen molar-refractivity contribution in [2.75, 3.05) is 30.7 Å². The maximum atomic E-state index is 11.6. The van der Waals surface area contributed by atoms with Crippen LogP contribution in [0, 0.1) is 0 Å². The Balaban J connectivity index is 1.92. The highest BCUT2D eigenvalue weighted by atomic mass is 35.5. The van der Waals surface area contributed by atoms with Gasteiger partial charge < -0.3 is 20.7 Å². The highest BCUT2D eigenvalue weighted by Crippen LogP contribution is 2.31. The zero-order valence-electron chi connectivity index (χ0n) is 11.9. The number of amides is 1. The van der Waals surface area contributed by atoms with Gasteiger partial charge in [0, 0.05) is 19.1 Å². The number of hydrogen-bond donors (Lipinski definition) is 2. The van der Waals surface area contributed by atoms with E-state index in [0.717, 1.165) is 18.5 Å². The van der Waals surface area contributed by atoms with Gasteiger partial charge in [0.15, 0.2) is 0 Å². The van der Waals surface area contributed by atoms with E-state index in [9.17, 15) is 4.79 Å². The Morgan fingerprint density at radius 3 is 2.62 bits per heavy atom. The number of likely N-dealkylation sites (tertiary alicyclic amines) is 1. The number of nitrogens with one attached hydrogen (secondary N) is 1. The molecule has 1 aliphatic heterocycles. The Labute approximate surface area is 134 Å². The van der Waals surface area contributed by atoms with Crippen molar-refractivity contribution in [3.63, 3.8) is 0 Å². The molecule has 0 saturated carbocycles. The van der Waals surface area contributed by atoms with E-state index in [1.807, 2.05) is 0 Å². The second-order valence-electron chi connectivity index (χ2n) is 4.96. The Morgan fingerprint density at radius 2 is 2.00 bits per heavy atom. The molecule has 0 spiro atoms. The summed E-state index contributed by atoms with van der Waals surface area (Å²) in [5, 5.41) is 4.27. The van der Waals surface area contributed by atoms with Gasteiger partial charge >= 0.3 is 6.09 Å². The van der Waals surface area contributed by atoms with E-state index in [1.165, 1.54) is 0 Å². The van der Waals surface area contributed by atoms with Crippen molar-refractivity contribution in [2.45, 2.75) is 25.8 Å². The molecule has 7 heteroatoms. The normalized spacial score (nSPS) is 15.9. The number of hydrogen-bond acceptors (Lipinski definition) is 4. The van der Waals surface area contributed by atoms with Gasteiger partial charge in [0.05, 0.1) is 28.0 Å². The topological polar surface area (TPSA) is 67.6 Å². The third kappa shape index (κ3) is 4.08. The SMILES string of the molecule is CCOC(=O)N1CCC(Nc2cc(Cl)c(Cl)cc2N)CC1. The van der Waals surface area contributed by atoms with Crippen LogP contribution in [0.25, 0.3) is 0 Å². The van der Waals surface area contributed by atoms with Crippen LogP contribution in [0.2, 0.25) is 10.0 Å². The number of nitrogens with zero attached hydrogens (tertiary/aromatic N) is 1. The van der Waals surface area contributed by atoms with E-state index in [1.54, 1.807) is 24.0 Å². The van der Waals surface area contributed by atoms with Crippen LogP contribution in [0.1, 0.15) is 19.8 Å². The smallest absolute Gasteiger partial charge is 0.409 e. The summed E-state index contributed by atoms with van der Waals surface area (Å²) in [4.78, 5) is 13.4. The molecule has 1 fully saturated rings. The second kappa shape index (κ2) is 7.09. The Morgan fingerprint density at radius 1 is 1.38 bits per heavy atom. The van der Waals surface area contributed by atoms with E-state index in [0.29, 0.717) is 35.4 Å². The molecule has 0 atom stereocenters. The molecule has 0 aromatic heterocycles. The second-order valence-corrected chi connectivity index (χ2v) is 5.77. The number of nitrogen functional groups attached to an aromatic ring is 1. The van der Waals surface area contributed by atoms with Crippen LogP contribution in [0.5, 0.6) is 0 Å². The minimum Gasteiger partial charge on any atom is -0.450 e. The van der Waals surface area contributed by atoms with Crippen molar-refractivity contribution in [3.05, 3.63) is 22.2 Å². The van der Waals surface area contributed by atoms with E-state index < -0.39 is 0 Å². The largest absolute Gasteiger partial charge is 0.450 e. The Bertz CT molecular complexity index is 517. The number of nitrogens with two attached hydrogens (primary N) is 1. The molecule has 116 valence electrons. The van der Waals surface area contributed by atoms with E-state index in [4.69, 9.17) is 33.7 Å². The van der Waals surface area contributed by atoms with E-state index >= 15 is 0 Å².